The first-order chi connectivity index (χ1) is 20.5. The van der Waals surface area contributed by atoms with Gasteiger partial charge >= 0.3 is 11.9 Å². The van der Waals surface area contributed by atoms with E-state index in [1.807, 2.05) is 0 Å². The summed E-state index contributed by atoms with van der Waals surface area (Å²) in [6.45, 7) is 4.34. The summed E-state index contributed by atoms with van der Waals surface area (Å²) in [7, 11) is 11.9. The molecule has 0 spiro atoms. The van der Waals surface area contributed by atoms with E-state index in [1.54, 1.807) is 28.4 Å². The predicted octanol–water partition coefficient (Wildman–Crippen LogP) is 2.87. The van der Waals surface area contributed by atoms with E-state index >= 15 is 0 Å². The van der Waals surface area contributed by atoms with Gasteiger partial charge < -0.3 is 48.1 Å². The first-order valence-corrected chi connectivity index (χ1v) is 13.7. The first kappa shape index (κ1) is 44.3. The number of aliphatic hydroxyl groups excluding tert-OH is 2. The number of benzene rings is 1. The molecule has 0 saturated heterocycles. The zero-order valence-corrected chi connectivity index (χ0v) is 26.9. The van der Waals surface area contributed by atoms with Gasteiger partial charge in [0, 0.05) is 70.1 Å². The summed E-state index contributed by atoms with van der Waals surface area (Å²) < 4.78 is 39.1. The number of carbonyl (C=O) groups excluding carboxylic acids is 2. The van der Waals surface area contributed by atoms with Crippen molar-refractivity contribution in [3.63, 3.8) is 0 Å². The second-order valence-corrected chi connectivity index (χ2v) is 8.62. The van der Waals surface area contributed by atoms with Gasteiger partial charge in [-0.15, -0.1) is 0 Å². The number of hydrogen-bond donors (Lipinski definition) is 2. The largest absolute Gasteiger partial charge is 0.460 e. The highest BCUT2D eigenvalue weighted by Gasteiger charge is 2.20. The highest BCUT2D eigenvalue weighted by Crippen LogP contribution is 2.28. The number of hydrogen-bond acceptors (Lipinski definition) is 12. The van der Waals surface area contributed by atoms with Crippen LogP contribution in [-0.4, -0.2) is 132 Å². The van der Waals surface area contributed by atoms with Crippen LogP contribution >= 0.6 is 0 Å². The molecule has 12 heteroatoms. The fourth-order valence-electron chi connectivity index (χ4n) is 3.55. The maximum Gasteiger partial charge on any atom is 0.338 e. The number of carbonyl (C=O) groups is 2. The van der Waals surface area contributed by atoms with Gasteiger partial charge in [0.05, 0.1) is 37.6 Å². The van der Waals surface area contributed by atoms with Crippen molar-refractivity contribution in [3.8, 4) is 0 Å². The van der Waals surface area contributed by atoms with Gasteiger partial charge in [0.15, 0.2) is 0 Å². The molecule has 1 aromatic rings. The highest BCUT2D eigenvalue weighted by atomic mass is 16.6. The minimum Gasteiger partial charge on any atom is -0.460 e. The Morgan fingerprint density at radius 1 is 0.524 bits per heavy atom. The van der Waals surface area contributed by atoms with Crippen LogP contribution in [0.2, 0.25) is 0 Å². The SMILES string of the molecule is CO.CO.COCC1CCC(COC)CC1.COCCOC.COCCOC(=O)c1ccc(C(=O)OCCOC)cc1. The lowest BCUT2D eigenvalue weighted by Gasteiger charge is -2.27. The Bertz CT molecular complexity index is 633. The lowest BCUT2D eigenvalue weighted by molar-refractivity contribution is 0.0376. The van der Waals surface area contributed by atoms with E-state index in [0.29, 0.717) is 37.6 Å². The van der Waals surface area contributed by atoms with Crippen molar-refractivity contribution in [2.45, 2.75) is 25.7 Å². The maximum absolute atomic E-state index is 11.6. The smallest absolute Gasteiger partial charge is 0.338 e. The normalized spacial score (nSPS) is 15.1. The molecule has 0 amide bonds. The van der Waals surface area contributed by atoms with Crippen LogP contribution in [0.1, 0.15) is 46.4 Å². The van der Waals surface area contributed by atoms with Gasteiger partial charge in [0.25, 0.3) is 0 Å². The van der Waals surface area contributed by atoms with Gasteiger partial charge in [-0.1, -0.05) is 0 Å². The number of aliphatic hydroxyl groups is 2. The van der Waals surface area contributed by atoms with E-state index in [2.05, 4.69) is 9.47 Å². The minimum absolute atomic E-state index is 0.191. The third-order valence-corrected chi connectivity index (χ3v) is 5.66. The first-order valence-electron chi connectivity index (χ1n) is 13.7. The Balaban J connectivity index is -0.000000584. The van der Waals surface area contributed by atoms with Crippen LogP contribution in [0.3, 0.4) is 0 Å². The fraction of sp³-hybridized carbons (Fsp3) is 0.733. The molecule has 0 radical (unpaired) electrons. The minimum atomic E-state index is -0.457. The summed E-state index contributed by atoms with van der Waals surface area (Å²) in [6.07, 6.45) is 5.29. The van der Waals surface area contributed by atoms with Crippen LogP contribution in [-0.2, 0) is 37.9 Å². The molecular formula is C30H56O12. The second kappa shape index (κ2) is 35.0. The lowest BCUT2D eigenvalue weighted by atomic mass is 9.83. The van der Waals surface area contributed by atoms with E-state index in [4.69, 9.17) is 38.6 Å². The van der Waals surface area contributed by atoms with Crippen LogP contribution in [0.25, 0.3) is 0 Å². The molecule has 248 valence electrons. The van der Waals surface area contributed by atoms with Crippen molar-refractivity contribution in [1.82, 2.24) is 0 Å². The van der Waals surface area contributed by atoms with E-state index in [9.17, 15) is 9.59 Å². The second-order valence-electron chi connectivity index (χ2n) is 8.62. The van der Waals surface area contributed by atoms with E-state index in [0.717, 1.165) is 39.3 Å². The fourth-order valence-corrected chi connectivity index (χ4v) is 3.55. The summed E-state index contributed by atoms with van der Waals surface area (Å²) in [6, 6.07) is 6.06. The predicted molar refractivity (Wildman–Crippen MR) is 160 cm³/mol. The van der Waals surface area contributed by atoms with E-state index < -0.39 is 11.9 Å². The zero-order chi connectivity index (χ0) is 32.4. The molecule has 1 aliphatic rings. The molecule has 12 nitrogen and oxygen atoms in total. The van der Waals surface area contributed by atoms with Crippen molar-refractivity contribution in [2.75, 3.05) is 110 Å². The summed E-state index contributed by atoms with van der Waals surface area (Å²) in [5.74, 6) is 0.703. The van der Waals surface area contributed by atoms with Gasteiger partial charge in [-0.05, 0) is 61.8 Å². The Kier molecular flexibility index (Phi) is 36.9. The summed E-state index contributed by atoms with van der Waals surface area (Å²) in [4.78, 5) is 23.2. The molecule has 0 atom stereocenters. The number of esters is 2. The van der Waals surface area contributed by atoms with Gasteiger partial charge in [-0.25, -0.2) is 9.59 Å². The molecule has 0 aliphatic heterocycles. The van der Waals surface area contributed by atoms with Crippen LogP contribution in [0.5, 0.6) is 0 Å². The molecule has 0 heterocycles. The number of rotatable bonds is 15. The van der Waals surface area contributed by atoms with E-state index in [1.165, 1.54) is 64.2 Å². The van der Waals surface area contributed by atoms with Crippen molar-refractivity contribution >= 4 is 11.9 Å². The Labute approximate surface area is 252 Å². The third-order valence-electron chi connectivity index (χ3n) is 5.66. The van der Waals surface area contributed by atoms with Crippen molar-refractivity contribution < 1.29 is 57.7 Å². The van der Waals surface area contributed by atoms with Crippen molar-refractivity contribution in [2.24, 2.45) is 11.8 Å². The van der Waals surface area contributed by atoms with Crippen molar-refractivity contribution in [3.05, 3.63) is 35.4 Å². The van der Waals surface area contributed by atoms with Crippen LogP contribution in [0.15, 0.2) is 24.3 Å². The summed E-state index contributed by atoms with van der Waals surface area (Å²) >= 11 is 0. The Hall–Kier alpha value is -2.16. The average Bonchev–Trinajstić information content (AvgIpc) is 3.04. The van der Waals surface area contributed by atoms with Crippen LogP contribution in [0.4, 0.5) is 0 Å². The zero-order valence-electron chi connectivity index (χ0n) is 26.9. The molecule has 1 fully saturated rings. The molecule has 0 unspecified atom stereocenters. The summed E-state index contributed by atoms with van der Waals surface area (Å²) in [5, 5.41) is 14.0. The average molecular weight is 609 g/mol. The lowest BCUT2D eigenvalue weighted by Crippen LogP contribution is -2.20. The molecule has 1 aromatic carbocycles. The van der Waals surface area contributed by atoms with Gasteiger partial charge in [0.2, 0.25) is 0 Å². The topological polar surface area (TPSA) is 148 Å². The molecule has 2 N–H and O–H groups in total. The summed E-state index contributed by atoms with van der Waals surface area (Å²) in [5.41, 5.74) is 0.740. The van der Waals surface area contributed by atoms with Gasteiger partial charge in [0.1, 0.15) is 13.2 Å². The van der Waals surface area contributed by atoms with Crippen LogP contribution in [0, 0.1) is 11.8 Å². The Morgan fingerprint density at radius 3 is 1.02 bits per heavy atom. The molecule has 0 aromatic heterocycles. The number of methoxy groups -OCH3 is 6. The Morgan fingerprint density at radius 2 is 0.786 bits per heavy atom. The molecule has 1 saturated carbocycles. The monoisotopic (exact) mass is 608 g/mol. The number of ether oxygens (including phenoxy) is 8. The van der Waals surface area contributed by atoms with Gasteiger partial charge in [-0.2, -0.15) is 0 Å². The highest BCUT2D eigenvalue weighted by molar-refractivity contribution is 5.93. The van der Waals surface area contributed by atoms with Crippen molar-refractivity contribution in [1.29, 1.82) is 0 Å². The maximum atomic E-state index is 11.6. The quantitative estimate of drug-likeness (QED) is 0.223. The molecule has 0 bridgehead atoms. The molecule has 42 heavy (non-hydrogen) atoms. The van der Waals surface area contributed by atoms with E-state index in [-0.39, 0.29) is 13.2 Å². The van der Waals surface area contributed by atoms with Crippen LogP contribution < -0.4 is 0 Å². The molecule has 1 aliphatic carbocycles. The standard InChI is InChI=1S/C14H18O6.C10H20O2.C4H10O2.2CH4O/c1-17-7-9-19-13(15)11-3-5-12(6-4-11)14(16)20-10-8-18-2;1-11-7-9-3-5-10(6-4-9)8-12-2;1-5-3-4-6-2;2*1-2/h3-6H,7-10H2,1-2H3;9-10H,3-8H2,1-2H3;3-4H2,1-2H3;2*2H,1H3. The molecular weight excluding hydrogens is 552 g/mol. The van der Waals surface area contributed by atoms with Gasteiger partial charge in [-0.3, -0.25) is 0 Å². The molecule has 2 rings (SSSR count). The third kappa shape index (κ3) is 25.5.